The maximum Gasteiger partial charge on any atom is 0.237 e. The molecule has 3 heterocycles. The lowest BCUT2D eigenvalue weighted by Gasteiger charge is -2.38. The van der Waals surface area contributed by atoms with Crippen LogP contribution in [0.3, 0.4) is 0 Å². The van der Waals surface area contributed by atoms with E-state index in [1.807, 2.05) is 35.0 Å². The highest BCUT2D eigenvalue weighted by Crippen LogP contribution is 2.29. The van der Waals surface area contributed by atoms with E-state index >= 15 is 0 Å². The van der Waals surface area contributed by atoms with Crippen LogP contribution in [0, 0.1) is 6.92 Å². The van der Waals surface area contributed by atoms with Gasteiger partial charge in [0, 0.05) is 50.9 Å². The van der Waals surface area contributed by atoms with Crippen molar-refractivity contribution in [3.8, 4) is 5.75 Å². The number of rotatable bonds is 7. The number of ether oxygens (including phenoxy) is 1. The lowest BCUT2D eigenvalue weighted by molar-refractivity contribution is -0.126. The van der Waals surface area contributed by atoms with Crippen LogP contribution in [0.15, 0.2) is 36.5 Å². The van der Waals surface area contributed by atoms with E-state index in [9.17, 15) is 4.79 Å². The lowest BCUT2D eigenvalue weighted by Crippen LogP contribution is -2.50. The normalized spacial score (nSPS) is 23.2. The third-order valence-electron chi connectivity index (χ3n) is 6.69. The molecule has 2 aromatic rings. The Morgan fingerprint density at radius 3 is 2.61 bits per heavy atom. The van der Waals surface area contributed by atoms with Gasteiger partial charge < -0.3 is 10.1 Å². The molecular formula is C24H35N5O2. The van der Waals surface area contributed by atoms with Crippen molar-refractivity contribution in [3.63, 3.8) is 0 Å². The highest BCUT2D eigenvalue weighted by Gasteiger charge is 2.41. The molecule has 1 amide bonds. The number of para-hydroxylation sites is 1. The van der Waals surface area contributed by atoms with Crippen LogP contribution >= 0.6 is 0 Å². The van der Waals surface area contributed by atoms with Gasteiger partial charge in [0.15, 0.2) is 0 Å². The number of piperidine rings is 1. The highest BCUT2D eigenvalue weighted by molar-refractivity contribution is 5.81. The molecule has 4 rings (SSSR count). The van der Waals surface area contributed by atoms with Crippen LogP contribution in [0.4, 0.5) is 0 Å². The minimum absolute atomic E-state index is 0.0465. The van der Waals surface area contributed by atoms with Gasteiger partial charge in [-0.2, -0.15) is 5.10 Å². The summed E-state index contributed by atoms with van der Waals surface area (Å²) in [6.45, 7) is 8.97. The Hall–Kier alpha value is -2.38. The van der Waals surface area contributed by atoms with Gasteiger partial charge in [-0.25, -0.2) is 0 Å². The topological polar surface area (TPSA) is 62.6 Å². The number of nitrogens with one attached hydrogen (secondary N) is 1. The third-order valence-corrected chi connectivity index (χ3v) is 6.69. The molecule has 2 atom stereocenters. The maximum atomic E-state index is 12.6. The van der Waals surface area contributed by atoms with Crippen molar-refractivity contribution < 1.29 is 9.53 Å². The number of hydrogen-bond donors (Lipinski definition) is 1. The predicted octanol–water partition coefficient (Wildman–Crippen LogP) is 2.44. The van der Waals surface area contributed by atoms with Gasteiger partial charge in [-0.1, -0.05) is 18.2 Å². The fraction of sp³-hybridized carbons (Fsp3) is 0.583. The molecule has 0 bridgehead atoms. The zero-order chi connectivity index (χ0) is 21.8. The summed E-state index contributed by atoms with van der Waals surface area (Å²) in [6.07, 6.45) is 5.11. The molecule has 2 aliphatic rings. The van der Waals surface area contributed by atoms with Crippen LogP contribution in [0.25, 0.3) is 0 Å². The molecule has 2 aliphatic heterocycles. The summed E-state index contributed by atoms with van der Waals surface area (Å²) < 4.78 is 8.22. The van der Waals surface area contributed by atoms with Crippen molar-refractivity contribution in [2.24, 2.45) is 0 Å². The van der Waals surface area contributed by atoms with E-state index < -0.39 is 0 Å². The van der Waals surface area contributed by atoms with E-state index in [-0.39, 0.29) is 18.1 Å². The molecule has 2 fully saturated rings. The van der Waals surface area contributed by atoms with Crippen LogP contribution in [0.1, 0.15) is 37.4 Å². The second-order valence-corrected chi connectivity index (χ2v) is 8.72. The van der Waals surface area contributed by atoms with Gasteiger partial charge in [-0.15, -0.1) is 0 Å². The van der Waals surface area contributed by atoms with E-state index in [1.54, 1.807) is 7.05 Å². The second kappa shape index (κ2) is 9.83. The number of carbonyl (C=O) groups excluding carboxylic acids is 1. The van der Waals surface area contributed by atoms with Crippen molar-refractivity contribution in [1.29, 1.82) is 0 Å². The first-order chi connectivity index (χ1) is 15.1. The molecule has 0 radical (unpaired) electrons. The van der Waals surface area contributed by atoms with Crippen molar-refractivity contribution in [3.05, 3.63) is 47.8 Å². The Labute approximate surface area is 185 Å². The van der Waals surface area contributed by atoms with E-state index in [4.69, 9.17) is 4.74 Å². The average Bonchev–Trinajstić information content (AvgIpc) is 3.38. The quantitative estimate of drug-likeness (QED) is 0.738. The Morgan fingerprint density at radius 2 is 1.97 bits per heavy atom. The number of aryl methyl sites for hydroxylation is 2. The van der Waals surface area contributed by atoms with Crippen molar-refractivity contribution in [2.45, 2.75) is 64.4 Å². The van der Waals surface area contributed by atoms with Crippen LogP contribution < -0.4 is 10.1 Å². The van der Waals surface area contributed by atoms with Gasteiger partial charge in [0.2, 0.25) is 5.91 Å². The molecule has 7 nitrogen and oxygen atoms in total. The van der Waals surface area contributed by atoms with Crippen molar-refractivity contribution in [2.75, 3.05) is 26.7 Å². The maximum absolute atomic E-state index is 12.6. The number of carbonyl (C=O) groups is 1. The van der Waals surface area contributed by atoms with E-state index in [2.05, 4.69) is 40.3 Å². The summed E-state index contributed by atoms with van der Waals surface area (Å²) >= 11 is 0. The first kappa shape index (κ1) is 21.8. The van der Waals surface area contributed by atoms with Crippen LogP contribution in [0.5, 0.6) is 5.75 Å². The van der Waals surface area contributed by atoms with Gasteiger partial charge in [0.05, 0.1) is 11.7 Å². The summed E-state index contributed by atoms with van der Waals surface area (Å²) in [4.78, 5) is 17.5. The molecule has 168 valence electrons. The highest BCUT2D eigenvalue weighted by atomic mass is 16.5. The lowest BCUT2D eigenvalue weighted by atomic mass is 10.0. The monoisotopic (exact) mass is 425 g/mol. The number of hydrogen-bond acceptors (Lipinski definition) is 5. The minimum Gasteiger partial charge on any atom is -0.489 e. The van der Waals surface area contributed by atoms with E-state index in [0.717, 1.165) is 63.4 Å². The molecule has 0 spiro atoms. The fourth-order valence-corrected chi connectivity index (χ4v) is 4.95. The summed E-state index contributed by atoms with van der Waals surface area (Å²) in [7, 11) is 1.73. The molecular weight excluding hydrogens is 390 g/mol. The minimum atomic E-state index is -0.111. The third kappa shape index (κ3) is 5.10. The fourth-order valence-electron chi connectivity index (χ4n) is 4.95. The van der Waals surface area contributed by atoms with Crippen LogP contribution in [-0.2, 0) is 17.9 Å². The summed E-state index contributed by atoms with van der Waals surface area (Å²) in [5.41, 5.74) is 2.45. The molecule has 0 saturated carbocycles. The molecule has 0 unspecified atom stereocenters. The SMILES string of the molecule is CCn1cc(CN2CCC(N3C[C@@H](Oc4ccccc4)C[C@H]3C(=O)NC)CC2)c(C)n1. The standard InChI is InChI=1S/C24H35N5O2/c1-4-28-16-19(18(2)26-28)15-27-12-10-20(11-13-27)29-17-22(14-23(29)24(30)25-3)31-21-8-6-5-7-9-21/h5-9,16,20,22-23H,4,10-15,17H2,1-3H3,(H,25,30)/t22-,23-/m0/s1. The molecule has 1 aromatic carbocycles. The number of benzene rings is 1. The van der Waals surface area contributed by atoms with Gasteiger partial charge in [0.1, 0.15) is 11.9 Å². The Bertz CT molecular complexity index is 860. The van der Waals surface area contributed by atoms with Crippen molar-refractivity contribution in [1.82, 2.24) is 24.9 Å². The zero-order valence-corrected chi connectivity index (χ0v) is 19.0. The number of nitrogens with zero attached hydrogens (tertiary/aromatic N) is 4. The van der Waals surface area contributed by atoms with E-state index in [1.165, 1.54) is 5.56 Å². The summed E-state index contributed by atoms with van der Waals surface area (Å²) in [6, 6.07) is 10.2. The summed E-state index contributed by atoms with van der Waals surface area (Å²) in [5, 5.41) is 7.44. The molecule has 7 heteroatoms. The smallest absolute Gasteiger partial charge is 0.237 e. The molecule has 2 saturated heterocycles. The summed E-state index contributed by atoms with van der Waals surface area (Å²) in [5.74, 6) is 0.979. The molecule has 31 heavy (non-hydrogen) atoms. The zero-order valence-electron chi connectivity index (χ0n) is 19.0. The van der Waals surface area contributed by atoms with Gasteiger partial charge in [-0.3, -0.25) is 19.3 Å². The van der Waals surface area contributed by atoms with Crippen LogP contribution in [0.2, 0.25) is 0 Å². The van der Waals surface area contributed by atoms with Crippen molar-refractivity contribution >= 4 is 5.91 Å². The number of likely N-dealkylation sites (tertiary alicyclic amines) is 2. The number of amides is 1. The van der Waals surface area contributed by atoms with Crippen LogP contribution in [-0.4, -0.2) is 70.4 Å². The predicted molar refractivity (Wildman–Crippen MR) is 121 cm³/mol. The Balaban J connectivity index is 1.36. The average molecular weight is 426 g/mol. The first-order valence-corrected chi connectivity index (χ1v) is 11.5. The number of likely N-dealkylation sites (N-methyl/N-ethyl adjacent to an activating group) is 1. The second-order valence-electron chi connectivity index (χ2n) is 8.72. The van der Waals surface area contributed by atoms with Gasteiger partial charge >= 0.3 is 0 Å². The number of aromatic nitrogens is 2. The Kier molecular flexibility index (Phi) is 6.92. The first-order valence-electron chi connectivity index (χ1n) is 11.5. The van der Waals surface area contributed by atoms with E-state index in [0.29, 0.717) is 6.04 Å². The molecule has 1 N–H and O–H groups in total. The molecule has 1 aromatic heterocycles. The van der Waals surface area contributed by atoms with Gasteiger partial charge in [0.25, 0.3) is 0 Å². The Morgan fingerprint density at radius 1 is 1.23 bits per heavy atom. The largest absolute Gasteiger partial charge is 0.489 e. The van der Waals surface area contributed by atoms with Gasteiger partial charge in [-0.05, 0) is 51.9 Å². The molecule has 0 aliphatic carbocycles.